The molecular formula is C47H35N3. The maximum Gasteiger partial charge on any atom is 0.160 e. The molecule has 1 atom stereocenters. The second-order valence-electron chi connectivity index (χ2n) is 13.3. The monoisotopic (exact) mass is 641 g/mol. The zero-order valence-corrected chi connectivity index (χ0v) is 27.9. The van der Waals surface area contributed by atoms with E-state index in [-0.39, 0.29) is 5.41 Å². The third kappa shape index (κ3) is 5.34. The SMILES string of the molecule is CC1(c2ccccc2)C=Cc2c(c3cc(-c4ccccc4)ccc3n2-c2ccc(-c3cc(-c4ccccc4)nc(-c4ccccc4)n3)cc2)C1. The van der Waals surface area contributed by atoms with Crippen molar-refractivity contribution in [2.45, 2.75) is 18.8 Å². The van der Waals surface area contributed by atoms with E-state index in [4.69, 9.17) is 9.97 Å². The Balaban J connectivity index is 1.17. The van der Waals surface area contributed by atoms with Crippen LogP contribution in [0.2, 0.25) is 0 Å². The first-order valence-corrected chi connectivity index (χ1v) is 17.2. The van der Waals surface area contributed by atoms with Gasteiger partial charge in [0, 0.05) is 38.9 Å². The van der Waals surface area contributed by atoms with Gasteiger partial charge in [0.1, 0.15) is 0 Å². The lowest BCUT2D eigenvalue weighted by molar-refractivity contribution is 0.588. The molecule has 0 radical (unpaired) electrons. The average molecular weight is 642 g/mol. The van der Waals surface area contributed by atoms with Crippen molar-refractivity contribution in [1.82, 2.24) is 14.5 Å². The van der Waals surface area contributed by atoms with Gasteiger partial charge in [-0.25, -0.2) is 9.97 Å². The maximum absolute atomic E-state index is 5.07. The van der Waals surface area contributed by atoms with E-state index in [0.29, 0.717) is 0 Å². The first-order chi connectivity index (χ1) is 24.6. The molecule has 8 aromatic rings. The van der Waals surface area contributed by atoms with Crippen LogP contribution < -0.4 is 0 Å². The number of hydrogen-bond acceptors (Lipinski definition) is 2. The summed E-state index contributed by atoms with van der Waals surface area (Å²) in [4.78, 5) is 10.0. The second-order valence-corrected chi connectivity index (χ2v) is 13.3. The Kier molecular flexibility index (Phi) is 7.32. The summed E-state index contributed by atoms with van der Waals surface area (Å²) < 4.78 is 2.43. The normalized spacial score (nSPS) is 15.2. The maximum atomic E-state index is 5.07. The molecular weight excluding hydrogens is 607 g/mol. The summed E-state index contributed by atoms with van der Waals surface area (Å²) in [5.74, 6) is 0.720. The van der Waals surface area contributed by atoms with Crippen molar-refractivity contribution in [2.75, 3.05) is 0 Å². The zero-order valence-electron chi connectivity index (χ0n) is 27.9. The summed E-state index contributed by atoms with van der Waals surface area (Å²) in [5, 5.41) is 1.30. The van der Waals surface area contributed by atoms with Crippen LogP contribution >= 0.6 is 0 Å². The molecule has 0 N–H and O–H groups in total. The number of benzene rings is 6. The highest BCUT2D eigenvalue weighted by atomic mass is 15.0. The van der Waals surface area contributed by atoms with Gasteiger partial charge in [-0.2, -0.15) is 0 Å². The van der Waals surface area contributed by atoms with E-state index in [0.717, 1.165) is 46.0 Å². The minimum atomic E-state index is -0.0973. The highest BCUT2D eigenvalue weighted by Gasteiger charge is 2.31. The fraction of sp³-hybridized carbons (Fsp3) is 0.0638. The smallest absolute Gasteiger partial charge is 0.160 e. The fourth-order valence-corrected chi connectivity index (χ4v) is 7.38. The first kappa shape index (κ1) is 29.8. The minimum Gasteiger partial charge on any atom is -0.310 e. The van der Waals surface area contributed by atoms with Crippen molar-refractivity contribution in [1.29, 1.82) is 0 Å². The van der Waals surface area contributed by atoms with Crippen molar-refractivity contribution in [2.24, 2.45) is 0 Å². The highest BCUT2D eigenvalue weighted by molar-refractivity contribution is 5.94. The Morgan fingerprint density at radius 1 is 0.520 bits per heavy atom. The quantitative estimate of drug-likeness (QED) is 0.181. The predicted octanol–water partition coefficient (Wildman–Crippen LogP) is 11.6. The molecule has 0 saturated heterocycles. The lowest BCUT2D eigenvalue weighted by Crippen LogP contribution is -2.25. The number of rotatable bonds is 6. The average Bonchev–Trinajstić information content (AvgIpc) is 3.51. The first-order valence-electron chi connectivity index (χ1n) is 17.2. The summed E-state index contributed by atoms with van der Waals surface area (Å²) >= 11 is 0. The fourth-order valence-electron chi connectivity index (χ4n) is 7.38. The van der Waals surface area contributed by atoms with Crippen LogP contribution in [0.3, 0.4) is 0 Å². The predicted molar refractivity (Wildman–Crippen MR) is 207 cm³/mol. The van der Waals surface area contributed by atoms with E-state index >= 15 is 0 Å². The molecule has 50 heavy (non-hydrogen) atoms. The number of allylic oxidation sites excluding steroid dienone is 1. The Morgan fingerprint density at radius 2 is 1.06 bits per heavy atom. The van der Waals surface area contributed by atoms with Gasteiger partial charge >= 0.3 is 0 Å². The van der Waals surface area contributed by atoms with Gasteiger partial charge in [-0.05, 0) is 65.1 Å². The van der Waals surface area contributed by atoms with Crippen molar-refractivity contribution in [3.8, 4) is 50.7 Å². The Hall–Kier alpha value is -6.32. The van der Waals surface area contributed by atoms with Crippen LogP contribution in [0.25, 0.3) is 67.7 Å². The molecule has 1 aliphatic carbocycles. The summed E-state index contributed by atoms with van der Waals surface area (Å²) in [6.07, 6.45) is 5.66. The number of fused-ring (bicyclic) bond motifs is 3. The summed E-state index contributed by atoms with van der Waals surface area (Å²) in [7, 11) is 0. The molecule has 9 rings (SSSR count). The Morgan fingerprint density at radius 3 is 1.70 bits per heavy atom. The molecule has 0 fully saturated rings. The van der Waals surface area contributed by atoms with Crippen LogP contribution in [0.15, 0.2) is 176 Å². The molecule has 0 amide bonds. The van der Waals surface area contributed by atoms with Gasteiger partial charge in [0.05, 0.1) is 16.9 Å². The van der Waals surface area contributed by atoms with E-state index in [1.165, 1.54) is 38.9 Å². The molecule has 3 heteroatoms. The lowest BCUT2D eigenvalue weighted by atomic mass is 9.74. The van der Waals surface area contributed by atoms with Crippen LogP contribution in [0, 0.1) is 0 Å². The zero-order chi connectivity index (χ0) is 33.5. The van der Waals surface area contributed by atoms with Gasteiger partial charge in [0.2, 0.25) is 0 Å². The third-order valence-corrected chi connectivity index (χ3v) is 10.1. The molecule has 6 aromatic carbocycles. The molecule has 0 saturated carbocycles. The van der Waals surface area contributed by atoms with E-state index in [2.05, 4.69) is 169 Å². The Labute approximate surface area is 292 Å². The molecule has 1 aliphatic rings. The number of hydrogen-bond donors (Lipinski definition) is 0. The summed E-state index contributed by atoms with van der Waals surface area (Å²) in [5.41, 5.74) is 13.6. The van der Waals surface area contributed by atoms with E-state index in [9.17, 15) is 0 Å². The number of nitrogens with zero attached hydrogens (tertiary/aromatic N) is 3. The van der Waals surface area contributed by atoms with Crippen LogP contribution in [0.5, 0.6) is 0 Å². The van der Waals surface area contributed by atoms with Gasteiger partial charge in [0.25, 0.3) is 0 Å². The van der Waals surface area contributed by atoms with E-state index in [1.807, 2.05) is 24.3 Å². The molecule has 0 bridgehead atoms. The van der Waals surface area contributed by atoms with Gasteiger partial charge in [0.15, 0.2) is 5.82 Å². The molecule has 238 valence electrons. The van der Waals surface area contributed by atoms with E-state index in [1.54, 1.807) is 0 Å². The van der Waals surface area contributed by atoms with Crippen molar-refractivity contribution in [3.63, 3.8) is 0 Å². The largest absolute Gasteiger partial charge is 0.310 e. The standard InChI is InChI=1S/C47H35N3/c1-47(38-20-12-5-13-21-38)29-28-45-41(32-47)40-30-37(33-14-6-2-7-15-33)24-27-44(40)50(45)39-25-22-35(23-26-39)43-31-42(34-16-8-3-9-17-34)48-46(49-43)36-18-10-4-11-19-36/h2-31H,32H2,1H3. The molecule has 1 unspecified atom stereocenters. The molecule has 2 aromatic heterocycles. The van der Waals surface area contributed by atoms with Gasteiger partial charge in [-0.3, -0.25) is 0 Å². The van der Waals surface area contributed by atoms with Gasteiger partial charge < -0.3 is 4.57 Å². The van der Waals surface area contributed by atoms with Crippen molar-refractivity contribution < 1.29 is 0 Å². The molecule has 3 nitrogen and oxygen atoms in total. The van der Waals surface area contributed by atoms with Crippen LogP contribution in [0.1, 0.15) is 23.7 Å². The Bertz CT molecular complexity index is 2420. The summed E-state index contributed by atoms with van der Waals surface area (Å²) in [6.45, 7) is 2.36. The van der Waals surface area contributed by atoms with Crippen LogP contribution in [-0.2, 0) is 11.8 Å². The van der Waals surface area contributed by atoms with Crippen LogP contribution in [-0.4, -0.2) is 14.5 Å². The number of aromatic nitrogens is 3. The lowest BCUT2D eigenvalue weighted by Gasteiger charge is -2.30. The van der Waals surface area contributed by atoms with Crippen LogP contribution in [0.4, 0.5) is 0 Å². The molecule has 2 heterocycles. The minimum absolute atomic E-state index is 0.0973. The molecule has 0 aliphatic heterocycles. The van der Waals surface area contributed by atoms with Gasteiger partial charge in [-0.1, -0.05) is 153 Å². The molecule has 0 spiro atoms. The van der Waals surface area contributed by atoms with Crippen molar-refractivity contribution >= 4 is 17.0 Å². The van der Waals surface area contributed by atoms with Crippen molar-refractivity contribution in [3.05, 3.63) is 193 Å². The topological polar surface area (TPSA) is 30.7 Å². The highest BCUT2D eigenvalue weighted by Crippen LogP contribution is 2.42. The summed E-state index contributed by atoms with van der Waals surface area (Å²) in [6, 6.07) is 60.0. The second kappa shape index (κ2) is 12.3. The van der Waals surface area contributed by atoms with E-state index < -0.39 is 0 Å². The third-order valence-electron chi connectivity index (χ3n) is 10.1. The van der Waals surface area contributed by atoms with Gasteiger partial charge in [-0.15, -0.1) is 0 Å².